The molecule has 0 saturated heterocycles. The van der Waals surface area contributed by atoms with Gasteiger partial charge in [-0.3, -0.25) is 4.79 Å². The minimum absolute atomic E-state index is 0.225. The number of aliphatic hydroxyl groups is 1. The first kappa shape index (κ1) is 19.4. The highest BCUT2D eigenvalue weighted by Crippen LogP contribution is 2.15. The van der Waals surface area contributed by atoms with Gasteiger partial charge in [0.2, 0.25) is 5.91 Å². The third-order valence-corrected chi connectivity index (χ3v) is 3.93. The van der Waals surface area contributed by atoms with Gasteiger partial charge in [0, 0.05) is 7.05 Å². The zero-order valence-electron chi connectivity index (χ0n) is 14.7. The highest BCUT2D eigenvalue weighted by Gasteiger charge is 2.14. The van der Waals surface area contributed by atoms with E-state index in [0.29, 0.717) is 18.7 Å². The van der Waals surface area contributed by atoms with E-state index < -0.39 is 6.04 Å². The Balaban J connectivity index is 1.80. The number of ether oxygens (including phenoxy) is 1. The topological polar surface area (TPSA) is 94.4 Å². The summed E-state index contributed by atoms with van der Waals surface area (Å²) in [5.41, 5.74) is 2.67. The van der Waals surface area contributed by atoms with Gasteiger partial charge >= 0.3 is 0 Å². The molecule has 26 heavy (non-hydrogen) atoms. The normalized spacial score (nSPS) is 11.4. The number of nitrogens with zero attached hydrogens (tertiary/aromatic N) is 1. The molecule has 0 saturated carbocycles. The van der Waals surface area contributed by atoms with Crippen molar-refractivity contribution < 1.29 is 14.6 Å². The highest BCUT2D eigenvalue weighted by atomic mass is 16.5. The molecule has 0 aliphatic carbocycles. The molecule has 0 aliphatic rings. The van der Waals surface area contributed by atoms with Crippen molar-refractivity contribution in [2.75, 3.05) is 20.2 Å². The number of benzene rings is 2. The van der Waals surface area contributed by atoms with E-state index in [1.807, 2.05) is 42.5 Å². The lowest BCUT2D eigenvalue weighted by Gasteiger charge is -2.14. The van der Waals surface area contributed by atoms with Crippen molar-refractivity contribution in [3.8, 4) is 11.8 Å². The van der Waals surface area contributed by atoms with Gasteiger partial charge in [-0.1, -0.05) is 24.3 Å². The van der Waals surface area contributed by atoms with Crippen LogP contribution in [-0.4, -0.2) is 37.3 Å². The first-order chi connectivity index (χ1) is 12.7. The van der Waals surface area contributed by atoms with E-state index in [1.54, 1.807) is 13.1 Å². The summed E-state index contributed by atoms with van der Waals surface area (Å²) in [6.45, 7) is 0.750. The Morgan fingerprint density at radius 1 is 1.23 bits per heavy atom. The number of aliphatic hydroxyl groups excluding tert-OH is 1. The third kappa shape index (κ3) is 5.88. The predicted molar refractivity (Wildman–Crippen MR) is 98.6 cm³/mol. The molecule has 0 spiro atoms. The predicted octanol–water partition coefficient (Wildman–Crippen LogP) is 1.38. The van der Waals surface area contributed by atoms with Crippen LogP contribution in [-0.2, 0) is 17.8 Å². The van der Waals surface area contributed by atoms with Crippen molar-refractivity contribution in [2.45, 2.75) is 19.1 Å². The molecule has 1 amide bonds. The van der Waals surface area contributed by atoms with Crippen LogP contribution < -0.4 is 15.4 Å². The number of hydrogen-bond donors (Lipinski definition) is 3. The van der Waals surface area contributed by atoms with E-state index in [-0.39, 0.29) is 12.5 Å². The van der Waals surface area contributed by atoms with Gasteiger partial charge in [0.05, 0.1) is 18.2 Å². The molecule has 0 aromatic heterocycles. The lowest BCUT2D eigenvalue weighted by molar-refractivity contribution is -0.123. The van der Waals surface area contributed by atoms with Crippen molar-refractivity contribution in [3.05, 3.63) is 65.2 Å². The molecule has 0 aliphatic heterocycles. The monoisotopic (exact) mass is 353 g/mol. The molecule has 2 rings (SSSR count). The fraction of sp³-hybridized carbons (Fsp3) is 0.300. The molecule has 6 heteroatoms. The summed E-state index contributed by atoms with van der Waals surface area (Å²) in [5, 5.41) is 23.6. The van der Waals surface area contributed by atoms with Crippen LogP contribution in [0.3, 0.4) is 0 Å². The number of amides is 1. The molecule has 2 aromatic rings. The average Bonchev–Trinajstić information content (AvgIpc) is 2.70. The number of nitriles is 1. The van der Waals surface area contributed by atoms with Gasteiger partial charge in [-0.05, 0) is 48.4 Å². The summed E-state index contributed by atoms with van der Waals surface area (Å²) in [4.78, 5) is 11.5. The summed E-state index contributed by atoms with van der Waals surface area (Å²) in [5.74, 6) is 0.527. The Bertz CT molecular complexity index is 754. The lowest BCUT2D eigenvalue weighted by atomic mass is 10.1. The summed E-state index contributed by atoms with van der Waals surface area (Å²) < 4.78 is 5.74. The van der Waals surface area contributed by atoms with Crippen LogP contribution in [0.25, 0.3) is 0 Å². The Hall–Kier alpha value is -2.88. The van der Waals surface area contributed by atoms with Gasteiger partial charge in [0.15, 0.2) is 0 Å². The summed E-state index contributed by atoms with van der Waals surface area (Å²) in [6, 6.07) is 16.6. The Morgan fingerprint density at radius 3 is 2.65 bits per heavy atom. The van der Waals surface area contributed by atoms with Crippen LogP contribution in [0.5, 0.6) is 5.75 Å². The van der Waals surface area contributed by atoms with Crippen LogP contribution in [0, 0.1) is 11.3 Å². The van der Waals surface area contributed by atoms with Crippen molar-refractivity contribution in [1.82, 2.24) is 10.6 Å². The van der Waals surface area contributed by atoms with Crippen LogP contribution in [0.4, 0.5) is 0 Å². The molecule has 1 atom stereocenters. The SMILES string of the molecule is CNC(=O)[C@H](CO)NCCc1ccc(OCc2cccc(C#N)c2)cc1. The molecule has 0 unspecified atom stereocenters. The van der Waals surface area contributed by atoms with Crippen LogP contribution in [0.1, 0.15) is 16.7 Å². The number of likely N-dealkylation sites (N-methyl/N-ethyl adjacent to an activating group) is 1. The molecule has 3 N–H and O–H groups in total. The highest BCUT2D eigenvalue weighted by molar-refractivity contribution is 5.81. The largest absolute Gasteiger partial charge is 0.489 e. The van der Waals surface area contributed by atoms with E-state index in [1.165, 1.54) is 0 Å². The van der Waals surface area contributed by atoms with E-state index in [9.17, 15) is 9.90 Å². The fourth-order valence-electron chi connectivity index (χ4n) is 2.45. The number of nitrogens with one attached hydrogen (secondary N) is 2. The van der Waals surface area contributed by atoms with Crippen molar-refractivity contribution in [3.63, 3.8) is 0 Å². The smallest absolute Gasteiger partial charge is 0.239 e. The molecule has 0 heterocycles. The Morgan fingerprint density at radius 2 is 2.00 bits per heavy atom. The second-order valence-electron chi connectivity index (χ2n) is 5.80. The second-order valence-corrected chi connectivity index (χ2v) is 5.80. The van der Waals surface area contributed by atoms with E-state index in [0.717, 1.165) is 23.3 Å². The van der Waals surface area contributed by atoms with Gasteiger partial charge in [-0.25, -0.2) is 0 Å². The Labute approximate surface area is 153 Å². The first-order valence-corrected chi connectivity index (χ1v) is 8.43. The third-order valence-electron chi connectivity index (χ3n) is 3.93. The molecule has 136 valence electrons. The molecular weight excluding hydrogens is 330 g/mol. The van der Waals surface area contributed by atoms with E-state index in [4.69, 9.17) is 10.00 Å². The van der Waals surface area contributed by atoms with Gasteiger partial charge in [-0.2, -0.15) is 5.26 Å². The Kier molecular flexibility index (Phi) is 7.62. The van der Waals surface area contributed by atoms with Crippen LogP contribution >= 0.6 is 0 Å². The van der Waals surface area contributed by atoms with Crippen LogP contribution in [0.15, 0.2) is 48.5 Å². The van der Waals surface area contributed by atoms with Gasteiger partial charge in [-0.15, -0.1) is 0 Å². The molecular formula is C20H23N3O3. The molecule has 0 bridgehead atoms. The van der Waals surface area contributed by atoms with Crippen molar-refractivity contribution in [1.29, 1.82) is 5.26 Å². The minimum Gasteiger partial charge on any atom is -0.489 e. The standard InChI is InChI=1S/C20H23N3O3/c1-22-20(25)19(13-24)23-10-9-15-5-7-18(8-6-15)26-14-17-4-2-3-16(11-17)12-21/h2-8,11,19,23-24H,9-10,13-14H2,1H3,(H,22,25)/t19-/m0/s1. The quantitative estimate of drug-likeness (QED) is 0.633. The lowest BCUT2D eigenvalue weighted by Crippen LogP contribution is -2.46. The molecule has 0 radical (unpaired) electrons. The van der Waals surface area contributed by atoms with E-state index >= 15 is 0 Å². The summed E-state index contributed by atoms with van der Waals surface area (Å²) >= 11 is 0. The first-order valence-electron chi connectivity index (χ1n) is 8.43. The maximum atomic E-state index is 11.5. The fourth-order valence-corrected chi connectivity index (χ4v) is 2.45. The molecule has 6 nitrogen and oxygen atoms in total. The zero-order valence-corrected chi connectivity index (χ0v) is 14.7. The van der Waals surface area contributed by atoms with Gasteiger partial charge in [0.25, 0.3) is 0 Å². The van der Waals surface area contributed by atoms with Gasteiger partial charge in [0.1, 0.15) is 18.4 Å². The van der Waals surface area contributed by atoms with Gasteiger partial charge < -0.3 is 20.5 Å². The molecule has 2 aromatic carbocycles. The maximum Gasteiger partial charge on any atom is 0.239 e. The number of rotatable bonds is 9. The average molecular weight is 353 g/mol. The number of carbonyl (C=O) groups is 1. The van der Waals surface area contributed by atoms with Crippen LogP contribution in [0.2, 0.25) is 0 Å². The van der Waals surface area contributed by atoms with Crippen molar-refractivity contribution in [2.24, 2.45) is 0 Å². The van der Waals surface area contributed by atoms with E-state index in [2.05, 4.69) is 16.7 Å². The second kappa shape index (κ2) is 10.2. The minimum atomic E-state index is -0.591. The number of hydrogen-bond acceptors (Lipinski definition) is 5. The zero-order chi connectivity index (χ0) is 18.8. The number of carbonyl (C=O) groups excluding carboxylic acids is 1. The van der Waals surface area contributed by atoms with Crippen molar-refractivity contribution >= 4 is 5.91 Å². The summed E-state index contributed by atoms with van der Waals surface area (Å²) in [7, 11) is 1.54. The summed E-state index contributed by atoms with van der Waals surface area (Å²) in [6.07, 6.45) is 0.734. The maximum absolute atomic E-state index is 11.5. The molecule has 0 fully saturated rings.